The number of carboxylic acids is 1. The lowest BCUT2D eigenvalue weighted by atomic mass is 10.1. The summed E-state index contributed by atoms with van der Waals surface area (Å²) in [6, 6.07) is 7.08. The SMILES string of the molecule is Cc1ccc(CNC(=O)c2cc(C(=O)O)ncn2)cc1C. The summed E-state index contributed by atoms with van der Waals surface area (Å²) < 4.78 is 0. The lowest BCUT2D eigenvalue weighted by molar-refractivity contribution is 0.0690. The monoisotopic (exact) mass is 285 g/mol. The number of nitrogens with zero attached hydrogens (tertiary/aromatic N) is 2. The van der Waals surface area contributed by atoms with Crippen molar-refractivity contribution in [3.05, 3.63) is 58.7 Å². The van der Waals surface area contributed by atoms with Crippen LogP contribution >= 0.6 is 0 Å². The summed E-state index contributed by atoms with van der Waals surface area (Å²) in [5.41, 5.74) is 3.13. The Balaban J connectivity index is 2.06. The fraction of sp³-hybridized carbons (Fsp3) is 0.200. The summed E-state index contributed by atoms with van der Waals surface area (Å²) in [6.07, 6.45) is 1.06. The minimum absolute atomic E-state index is 0.0335. The number of carbonyl (C=O) groups excluding carboxylic acids is 1. The van der Waals surface area contributed by atoms with E-state index in [9.17, 15) is 9.59 Å². The molecular formula is C15H15N3O3. The van der Waals surface area contributed by atoms with E-state index >= 15 is 0 Å². The van der Waals surface area contributed by atoms with Crippen LogP contribution in [0.3, 0.4) is 0 Å². The standard InChI is InChI=1S/C15H15N3O3/c1-9-3-4-11(5-10(9)2)7-16-14(19)12-6-13(15(20)21)18-8-17-12/h3-6,8H,7H2,1-2H3,(H,16,19)(H,20,21). The van der Waals surface area contributed by atoms with Crippen LogP contribution in [0.15, 0.2) is 30.6 Å². The fourth-order valence-electron chi connectivity index (χ4n) is 1.78. The molecule has 1 amide bonds. The van der Waals surface area contributed by atoms with Crippen LogP contribution in [0, 0.1) is 13.8 Å². The number of hydrogen-bond acceptors (Lipinski definition) is 4. The van der Waals surface area contributed by atoms with Crippen molar-refractivity contribution in [1.29, 1.82) is 0 Å². The molecule has 2 N–H and O–H groups in total. The average Bonchev–Trinajstić information content (AvgIpc) is 2.48. The molecule has 2 rings (SSSR count). The third kappa shape index (κ3) is 3.62. The van der Waals surface area contributed by atoms with Crippen LogP contribution in [-0.4, -0.2) is 27.0 Å². The van der Waals surface area contributed by atoms with Crippen LogP contribution in [0.4, 0.5) is 0 Å². The van der Waals surface area contributed by atoms with Crippen molar-refractivity contribution >= 4 is 11.9 Å². The number of carbonyl (C=O) groups is 2. The maximum atomic E-state index is 12.0. The first-order valence-corrected chi connectivity index (χ1v) is 6.37. The van der Waals surface area contributed by atoms with Gasteiger partial charge in [0, 0.05) is 12.6 Å². The molecule has 0 spiro atoms. The van der Waals surface area contributed by atoms with E-state index in [1.54, 1.807) is 0 Å². The zero-order valence-corrected chi connectivity index (χ0v) is 11.8. The highest BCUT2D eigenvalue weighted by Gasteiger charge is 2.12. The number of aryl methyl sites for hydroxylation is 2. The summed E-state index contributed by atoms with van der Waals surface area (Å²) in [7, 11) is 0. The van der Waals surface area contributed by atoms with Crippen molar-refractivity contribution in [3.8, 4) is 0 Å². The van der Waals surface area contributed by atoms with Crippen LogP contribution in [0.1, 0.15) is 37.7 Å². The van der Waals surface area contributed by atoms with Gasteiger partial charge in [0.15, 0.2) is 5.69 Å². The van der Waals surface area contributed by atoms with Crippen LogP contribution in [0.25, 0.3) is 0 Å². The summed E-state index contributed by atoms with van der Waals surface area (Å²) >= 11 is 0. The van der Waals surface area contributed by atoms with E-state index in [0.29, 0.717) is 6.54 Å². The number of nitrogens with one attached hydrogen (secondary N) is 1. The number of hydrogen-bond donors (Lipinski definition) is 2. The van der Waals surface area contributed by atoms with Crippen molar-refractivity contribution < 1.29 is 14.7 Å². The summed E-state index contributed by atoms with van der Waals surface area (Å²) in [5.74, 6) is -1.63. The molecule has 0 fully saturated rings. The molecule has 2 aromatic rings. The van der Waals surface area contributed by atoms with Gasteiger partial charge < -0.3 is 10.4 Å². The Morgan fingerprint density at radius 1 is 1.10 bits per heavy atom. The Kier molecular flexibility index (Phi) is 4.27. The maximum absolute atomic E-state index is 12.0. The van der Waals surface area contributed by atoms with E-state index in [-0.39, 0.29) is 11.4 Å². The fourth-order valence-corrected chi connectivity index (χ4v) is 1.78. The lowest BCUT2D eigenvalue weighted by Gasteiger charge is -2.07. The molecule has 0 atom stereocenters. The molecule has 0 bridgehead atoms. The molecular weight excluding hydrogens is 270 g/mol. The minimum Gasteiger partial charge on any atom is -0.477 e. The van der Waals surface area contributed by atoms with Crippen molar-refractivity contribution in [2.75, 3.05) is 0 Å². The van der Waals surface area contributed by atoms with E-state index in [2.05, 4.69) is 15.3 Å². The van der Waals surface area contributed by atoms with Gasteiger partial charge in [-0.1, -0.05) is 18.2 Å². The number of aromatic carboxylic acids is 1. The summed E-state index contributed by atoms with van der Waals surface area (Å²) in [4.78, 5) is 30.1. The lowest BCUT2D eigenvalue weighted by Crippen LogP contribution is -2.24. The van der Waals surface area contributed by atoms with Crippen LogP contribution in [-0.2, 0) is 6.54 Å². The van der Waals surface area contributed by atoms with Crippen LogP contribution in [0.5, 0.6) is 0 Å². The molecule has 0 aliphatic carbocycles. The number of carboxylic acid groups (broad SMARTS) is 1. The molecule has 6 nitrogen and oxygen atoms in total. The number of aromatic nitrogens is 2. The van der Waals surface area contributed by atoms with Crippen molar-refractivity contribution in [1.82, 2.24) is 15.3 Å². The minimum atomic E-state index is -1.19. The van der Waals surface area contributed by atoms with Gasteiger partial charge in [-0.05, 0) is 30.5 Å². The average molecular weight is 285 g/mol. The molecule has 0 saturated heterocycles. The summed E-state index contributed by atoms with van der Waals surface area (Å²) in [5, 5.41) is 11.5. The molecule has 108 valence electrons. The predicted octanol–water partition coefficient (Wildman–Crippen LogP) is 1.72. The molecule has 0 unspecified atom stereocenters. The third-order valence-corrected chi connectivity index (χ3v) is 3.14. The molecule has 1 aromatic heterocycles. The van der Waals surface area contributed by atoms with Gasteiger partial charge in [-0.25, -0.2) is 14.8 Å². The van der Waals surface area contributed by atoms with E-state index < -0.39 is 11.9 Å². The van der Waals surface area contributed by atoms with Gasteiger partial charge in [-0.2, -0.15) is 0 Å². The number of benzene rings is 1. The highest BCUT2D eigenvalue weighted by atomic mass is 16.4. The Morgan fingerprint density at radius 2 is 1.81 bits per heavy atom. The zero-order chi connectivity index (χ0) is 15.4. The zero-order valence-electron chi connectivity index (χ0n) is 11.8. The Hall–Kier alpha value is -2.76. The second-order valence-electron chi connectivity index (χ2n) is 4.69. The van der Waals surface area contributed by atoms with Gasteiger partial charge in [-0.3, -0.25) is 4.79 Å². The van der Waals surface area contributed by atoms with Crippen molar-refractivity contribution in [3.63, 3.8) is 0 Å². The molecule has 1 aromatic carbocycles. The highest BCUT2D eigenvalue weighted by Crippen LogP contribution is 2.09. The molecule has 0 saturated carbocycles. The van der Waals surface area contributed by atoms with Gasteiger partial charge in [-0.15, -0.1) is 0 Å². The Bertz CT molecular complexity index is 698. The highest BCUT2D eigenvalue weighted by molar-refractivity contribution is 5.94. The third-order valence-electron chi connectivity index (χ3n) is 3.14. The molecule has 21 heavy (non-hydrogen) atoms. The summed E-state index contributed by atoms with van der Waals surface area (Å²) in [6.45, 7) is 4.38. The van der Waals surface area contributed by atoms with E-state index in [4.69, 9.17) is 5.11 Å². The van der Waals surface area contributed by atoms with Gasteiger partial charge in [0.05, 0.1) is 0 Å². The van der Waals surface area contributed by atoms with E-state index in [1.807, 2.05) is 32.0 Å². The molecule has 6 heteroatoms. The first-order chi connectivity index (χ1) is 9.97. The molecule has 0 aliphatic rings. The topological polar surface area (TPSA) is 92.2 Å². The van der Waals surface area contributed by atoms with Gasteiger partial charge >= 0.3 is 5.97 Å². The van der Waals surface area contributed by atoms with Crippen LogP contribution in [0.2, 0.25) is 0 Å². The normalized spacial score (nSPS) is 10.2. The molecule has 1 heterocycles. The molecule has 0 radical (unpaired) electrons. The van der Waals surface area contributed by atoms with Crippen LogP contribution < -0.4 is 5.32 Å². The van der Waals surface area contributed by atoms with Crippen molar-refractivity contribution in [2.24, 2.45) is 0 Å². The first kappa shape index (κ1) is 14.6. The van der Waals surface area contributed by atoms with E-state index in [0.717, 1.165) is 23.5 Å². The van der Waals surface area contributed by atoms with Gasteiger partial charge in [0.1, 0.15) is 12.0 Å². The predicted molar refractivity (Wildman–Crippen MR) is 76.1 cm³/mol. The van der Waals surface area contributed by atoms with E-state index in [1.165, 1.54) is 5.56 Å². The number of amides is 1. The van der Waals surface area contributed by atoms with Gasteiger partial charge in [0.25, 0.3) is 5.91 Å². The molecule has 0 aliphatic heterocycles. The smallest absolute Gasteiger partial charge is 0.354 e. The largest absolute Gasteiger partial charge is 0.477 e. The number of rotatable bonds is 4. The maximum Gasteiger partial charge on any atom is 0.354 e. The van der Waals surface area contributed by atoms with Gasteiger partial charge in [0.2, 0.25) is 0 Å². The second-order valence-corrected chi connectivity index (χ2v) is 4.69. The second kappa shape index (κ2) is 6.13. The van der Waals surface area contributed by atoms with Crippen molar-refractivity contribution in [2.45, 2.75) is 20.4 Å². The Morgan fingerprint density at radius 3 is 2.48 bits per heavy atom. The Labute approximate surface area is 121 Å². The first-order valence-electron chi connectivity index (χ1n) is 6.37. The quantitative estimate of drug-likeness (QED) is 0.892.